The summed E-state index contributed by atoms with van der Waals surface area (Å²) in [4.78, 5) is 1.36. The van der Waals surface area contributed by atoms with Gasteiger partial charge in [-0.3, -0.25) is 0 Å². The molecule has 0 aliphatic carbocycles. The Kier molecular flexibility index (Phi) is 4.94. The maximum atomic E-state index is 3.48. The van der Waals surface area contributed by atoms with Crippen LogP contribution in [0.25, 0.3) is 0 Å². The quantitative estimate of drug-likeness (QED) is 0.881. The monoisotopic (exact) mass is 325 g/mol. The van der Waals surface area contributed by atoms with E-state index in [4.69, 9.17) is 0 Å². The molecular formula is C9H13Br2NS. The summed E-state index contributed by atoms with van der Waals surface area (Å²) in [6.45, 7) is 6.47. The fourth-order valence-corrected chi connectivity index (χ4v) is 3.11. The number of halogens is 2. The van der Waals surface area contributed by atoms with Gasteiger partial charge < -0.3 is 5.32 Å². The van der Waals surface area contributed by atoms with Crippen molar-refractivity contribution in [1.82, 2.24) is 5.32 Å². The zero-order valence-electron chi connectivity index (χ0n) is 7.73. The molecule has 1 aromatic rings. The van der Waals surface area contributed by atoms with Crippen LogP contribution in [0.15, 0.2) is 14.3 Å². The molecule has 0 saturated carbocycles. The minimum Gasteiger partial charge on any atom is -0.312 e. The van der Waals surface area contributed by atoms with E-state index < -0.39 is 0 Å². The summed E-state index contributed by atoms with van der Waals surface area (Å²) < 4.78 is 2.33. The Labute approximate surface area is 100 Å². The smallest absolute Gasteiger partial charge is 0.0843 e. The summed E-state index contributed by atoms with van der Waals surface area (Å²) in [6.07, 6.45) is 0. The molecule has 1 aromatic heterocycles. The van der Waals surface area contributed by atoms with Gasteiger partial charge in [0.05, 0.1) is 3.79 Å². The van der Waals surface area contributed by atoms with Gasteiger partial charge in [0.25, 0.3) is 0 Å². The maximum Gasteiger partial charge on any atom is 0.0843 e. The second kappa shape index (κ2) is 5.49. The van der Waals surface area contributed by atoms with E-state index in [1.807, 2.05) is 0 Å². The Morgan fingerprint density at radius 3 is 2.62 bits per heavy atom. The molecule has 1 heterocycles. The highest BCUT2D eigenvalue weighted by Crippen LogP contribution is 2.32. The summed E-state index contributed by atoms with van der Waals surface area (Å²) >= 11 is 8.73. The first-order chi connectivity index (χ1) is 6.09. The lowest BCUT2D eigenvalue weighted by atomic mass is 10.2. The number of nitrogens with one attached hydrogen (secondary N) is 1. The van der Waals surface area contributed by atoms with Crippen molar-refractivity contribution in [1.29, 1.82) is 0 Å². The van der Waals surface area contributed by atoms with Crippen molar-refractivity contribution in [3.8, 4) is 0 Å². The molecule has 0 aliphatic rings. The van der Waals surface area contributed by atoms with Gasteiger partial charge in [-0.2, -0.15) is 0 Å². The SMILES string of the molecule is CC(C)CNCc1cc(Br)c(Br)s1. The van der Waals surface area contributed by atoms with Crippen LogP contribution in [0.3, 0.4) is 0 Å². The van der Waals surface area contributed by atoms with Gasteiger partial charge in [0, 0.05) is 15.9 Å². The van der Waals surface area contributed by atoms with E-state index in [2.05, 4.69) is 57.1 Å². The third-order valence-corrected chi connectivity index (χ3v) is 4.80. The Bertz CT molecular complexity index is 251. The van der Waals surface area contributed by atoms with Crippen LogP contribution in [0.1, 0.15) is 18.7 Å². The average Bonchev–Trinajstić information content (AvgIpc) is 2.30. The van der Waals surface area contributed by atoms with E-state index in [0.29, 0.717) is 5.92 Å². The molecule has 0 spiro atoms. The van der Waals surface area contributed by atoms with Gasteiger partial charge in [0.15, 0.2) is 0 Å². The minimum absolute atomic E-state index is 0.715. The Hall–Kier alpha value is 0.620. The summed E-state index contributed by atoms with van der Waals surface area (Å²) in [6, 6.07) is 2.15. The largest absolute Gasteiger partial charge is 0.312 e. The highest BCUT2D eigenvalue weighted by atomic mass is 79.9. The van der Waals surface area contributed by atoms with Gasteiger partial charge in [-0.25, -0.2) is 0 Å². The van der Waals surface area contributed by atoms with E-state index in [-0.39, 0.29) is 0 Å². The summed E-state index contributed by atoms with van der Waals surface area (Å²) in [7, 11) is 0. The first kappa shape index (κ1) is 11.7. The Morgan fingerprint density at radius 2 is 2.15 bits per heavy atom. The summed E-state index contributed by atoms with van der Waals surface area (Å²) in [5.41, 5.74) is 0. The van der Waals surface area contributed by atoms with Crippen LogP contribution < -0.4 is 5.32 Å². The van der Waals surface area contributed by atoms with E-state index >= 15 is 0 Å². The average molecular weight is 327 g/mol. The predicted octanol–water partition coefficient (Wildman–Crippen LogP) is 4.02. The second-order valence-electron chi connectivity index (χ2n) is 3.36. The van der Waals surface area contributed by atoms with Crippen LogP contribution in [0, 0.1) is 5.92 Å². The zero-order valence-corrected chi connectivity index (χ0v) is 11.7. The number of rotatable bonds is 4. The van der Waals surface area contributed by atoms with Crippen molar-refractivity contribution >= 4 is 43.2 Å². The molecule has 4 heteroatoms. The predicted molar refractivity (Wildman–Crippen MR) is 66.3 cm³/mol. The van der Waals surface area contributed by atoms with Crippen molar-refractivity contribution < 1.29 is 0 Å². The molecule has 0 saturated heterocycles. The van der Waals surface area contributed by atoms with E-state index in [1.54, 1.807) is 11.3 Å². The molecule has 0 aromatic carbocycles. The molecule has 0 amide bonds. The highest BCUT2D eigenvalue weighted by molar-refractivity contribution is 9.13. The molecule has 1 N–H and O–H groups in total. The van der Waals surface area contributed by atoms with Crippen molar-refractivity contribution in [3.63, 3.8) is 0 Å². The molecule has 1 nitrogen and oxygen atoms in total. The first-order valence-electron chi connectivity index (χ1n) is 4.24. The van der Waals surface area contributed by atoms with Crippen LogP contribution >= 0.6 is 43.2 Å². The number of thiophene rings is 1. The molecule has 1 rings (SSSR count). The Balaban J connectivity index is 2.37. The van der Waals surface area contributed by atoms with E-state index in [1.165, 1.54) is 8.66 Å². The molecule has 0 unspecified atom stereocenters. The lowest BCUT2D eigenvalue weighted by Crippen LogP contribution is -2.18. The van der Waals surface area contributed by atoms with Crippen LogP contribution in [-0.2, 0) is 6.54 Å². The lowest BCUT2D eigenvalue weighted by molar-refractivity contribution is 0.555. The van der Waals surface area contributed by atoms with Gasteiger partial charge in [-0.05, 0) is 50.4 Å². The summed E-state index contributed by atoms with van der Waals surface area (Å²) in [5, 5.41) is 3.41. The van der Waals surface area contributed by atoms with Crippen LogP contribution in [-0.4, -0.2) is 6.54 Å². The second-order valence-corrected chi connectivity index (χ2v) is 6.67. The summed E-state index contributed by atoms with van der Waals surface area (Å²) in [5.74, 6) is 0.715. The fourth-order valence-electron chi connectivity index (χ4n) is 0.963. The van der Waals surface area contributed by atoms with Crippen molar-refractivity contribution in [2.24, 2.45) is 5.92 Å². The third kappa shape index (κ3) is 4.11. The van der Waals surface area contributed by atoms with E-state index in [0.717, 1.165) is 17.6 Å². The van der Waals surface area contributed by atoms with Gasteiger partial charge >= 0.3 is 0 Å². The van der Waals surface area contributed by atoms with Crippen molar-refractivity contribution in [2.45, 2.75) is 20.4 Å². The van der Waals surface area contributed by atoms with Crippen molar-refractivity contribution in [2.75, 3.05) is 6.54 Å². The van der Waals surface area contributed by atoms with Crippen LogP contribution in [0.2, 0.25) is 0 Å². The fraction of sp³-hybridized carbons (Fsp3) is 0.556. The van der Waals surface area contributed by atoms with Gasteiger partial charge in [-0.1, -0.05) is 13.8 Å². The van der Waals surface area contributed by atoms with E-state index in [9.17, 15) is 0 Å². The molecule has 0 radical (unpaired) electrons. The zero-order chi connectivity index (χ0) is 9.84. The lowest BCUT2D eigenvalue weighted by Gasteiger charge is -2.04. The molecular weight excluding hydrogens is 314 g/mol. The number of hydrogen-bond acceptors (Lipinski definition) is 2. The highest BCUT2D eigenvalue weighted by Gasteiger charge is 2.03. The standard InChI is InChI=1S/C9H13Br2NS/c1-6(2)4-12-5-7-3-8(10)9(11)13-7/h3,6,12H,4-5H2,1-2H3. The first-order valence-corrected chi connectivity index (χ1v) is 6.64. The van der Waals surface area contributed by atoms with Crippen LogP contribution in [0.5, 0.6) is 0 Å². The third-order valence-electron chi connectivity index (χ3n) is 1.55. The van der Waals surface area contributed by atoms with Gasteiger partial charge in [0.2, 0.25) is 0 Å². The molecule has 13 heavy (non-hydrogen) atoms. The van der Waals surface area contributed by atoms with Gasteiger partial charge in [0.1, 0.15) is 0 Å². The Morgan fingerprint density at radius 1 is 1.46 bits per heavy atom. The normalized spacial score (nSPS) is 11.2. The molecule has 0 atom stereocenters. The molecule has 0 bridgehead atoms. The van der Waals surface area contributed by atoms with Crippen LogP contribution in [0.4, 0.5) is 0 Å². The maximum absolute atomic E-state index is 3.48. The van der Waals surface area contributed by atoms with Gasteiger partial charge in [-0.15, -0.1) is 11.3 Å². The van der Waals surface area contributed by atoms with Crippen molar-refractivity contribution in [3.05, 3.63) is 19.2 Å². The topological polar surface area (TPSA) is 12.0 Å². The minimum atomic E-state index is 0.715. The molecule has 0 fully saturated rings. The molecule has 74 valence electrons. The number of hydrogen-bond donors (Lipinski definition) is 1. The molecule has 0 aliphatic heterocycles.